The van der Waals surface area contributed by atoms with Crippen molar-refractivity contribution in [1.82, 2.24) is 20.4 Å². The Balaban J connectivity index is 1.65. The molecule has 0 aliphatic carbocycles. The van der Waals surface area contributed by atoms with E-state index in [9.17, 15) is 8.78 Å². The van der Waals surface area contributed by atoms with Crippen molar-refractivity contribution < 1.29 is 8.78 Å². The van der Waals surface area contributed by atoms with Gasteiger partial charge in [0.2, 0.25) is 0 Å². The highest BCUT2D eigenvalue weighted by molar-refractivity contribution is 6.11. The molecular weight excluding hydrogens is 448 g/mol. The van der Waals surface area contributed by atoms with Crippen LogP contribution in [0.15, 0.2) is 17.3 Å². The molecule has 1 fully saturated rings. The molecule has 0 unspecified atom stereocenters. The van der Waals surface area contributed by atoms with Crippen molar-refractivity contribution in [2.75, 3.05) is 38.1 Å². The van der Waals surface area contributed by atoms with Gasteiger partial charge in [-0.05, 0) is 68.5 Å². The number of aliphatic imine (C=N–C) groups is 1. The minimum atomic E-state index is -2.62. The largest absolute Gasteiger partial charge is 0.404 e. The van der Waals surface area contributed by atoms with Crippen molar-refractivity contribution in [3.05, 3.63) is 45.8 Å². The van der Waals surface area contributed by atoms with E-state index < -0.39 is 6.43 Å². The summed E-state index contributed by atoms with van der Waals surface area (Å²) < 4.78 is 31.0. The average Bonchev–Trinajstić information content (AvgIpc) is 3.27. The number of rotatable bonds is 5. The van der Waals surface area contributed by atoms with Crippen LogP contribution in [0.25, 0.3) is 5.57 Å². The Morgan fingerprint density at radius 2 is 2.00 bits per heavy atom. The summed E-state index contributed by atoms with van der Waals surface area (Å²) in [4.78, 5) is 6.23. The third-order valence-electron chi connectivity index (χ3n) is 7.64. The van der Waals surface area contributed by atoms with Gasteiger partial charge in [-0.15, -0.1) is 0 Å². The summed E-state index contributed by atoms with van der Waals surface area (Å²) in [5, 5.41) is 12.1. The number of anilines is 2. The molecule has 3 aliphatic rings. The zero-order valence-corrected chi connectivity index (χ0v) is 20.6. The average molecular weight is 484 g/mol. The molecule has 5 rings (SSSR count). The monoisotopic (exact) mass is 483 g/mol. The second kappa shape index (κ2) is 10.1. The van der Waals surface area contributed by atoms with Crippen LogP contribution in [-0.2, 0) is 19.4 Å². The van der Waals surface area contributed by atoms with Crippen LogP contribution in [0.1, 0.15) is 65.2 Å². The SMILES string of the molecule is CN=C/C(=C\N)c1c(C(F)F)cc2c(c1C)CCCN2c1nn(C2CCNCC2)c2c1CNCC2. The Bertz CT molecular complexity index is 1150. The number of allylic oxidation sites excluding steroid dienone is 1. The Labute approximate surface area is 205 Å². The van der Waals surface area contributed by atoms with E-state index in [4.69, 9.17) is 10.8 Å². The van der Waals surface area contributed by atoms with Crippen LogP contribution >= 0.6 is 0 Å². The first-order valence-electron chi connectivity index (χ1n) is 12.6. The molecule has 4 N–H and O–H groups in total. The van der Waals surface area contributed by atoms with Gasteiger partial charge >= 0.3 is 0 Å². The lowest BCUT2D eigenvalue weighted by molar-refractivity contribution is 0.151. The summed E-state index contributed by atoms with van der Waals surface area (Å²) in [5.74, 6) is 0.920. The molecule has 2 aromatic rings. The maximum absolute atomic E-state index is 14.4. The number of nitrogens with two attached hydrogens (primary N) is 1. The summed E-state index contributed by atoms with van der Waals surface area (Å²) in [7, 11) is 1.62. The highest BCUT2D eigenvalue weighted by atomic mass is 19.3. The van der Waals surface area contributed by atoms with Gasteiger partial charge in [0.15, 0.2) is 5.82 Å². The van der Waals surface area contributed by atoms with Gasteiger partial charge in [-0.25, -0.2) is 8.78 Å². The highest BCUT2D eigenvalue weighted by Gasteiger charge is 2.33. The number of hydrogen-bond donors (Lipinski definition) is 3. The third kappa shape index (κ3) is 4.25. The summed E-state index contributed by atoms with van der Waals surface area (Å²) in [6.45, 7) is 6.38. The van der Waals surface area contributed by atoms with Gasteiger partial charge < -0.3 is 21.3 Å². The molecule has 4 heterocycles. The van der Waals surface area contributed by atoms with Gasteiger partial charge in [0.25, 0.3) is 6.43 Å². The zero-order chi connectivity index (χ0) is 24.5. The van der Waals surface area contributed by atoms with Crippen LogP contribution in [0.4, 0.5) is 20.3 Å². The molecule has 0 spiro atoms. The Kier molecular flexibility index (Phi) is 6.88. The summed E-state index contributed by atoms with van der Waals surface area (Å²) in [6.07, 6.45) is 5.14. The molecule has 0 amide bonds. The fourth-order valence-corrected chi connectivity index (χ4v) is 5.99. The number of alkyl halides is 2. The molecule has 9 heteroatoms. The van der Waals surface area contributed by atoms with Crippen molar-refractivity contribution in [2.45, 2.75) is 58.0 Å². The number of hydrogen-bond acceptors (Lipinski definition) is 6. The first-order valence-corrected chi connectivity index (χ1v) is 12.6. The molecule has 188 valence electrons. The number of benzene rings is 1. The molecule has 1 aromatic carbocycles. The lowest BCUT2D eigenvalue weighted by Crippen LogP contribution is -2.32. The molecule has 0 bridgehead atoms. The minimum absolute atomic E-state index is 0.00506. The van der Waals surface area contributed by atoms with E-state index >= 15 is 0 Å². The van der Waals surface area contributed by atoms with Crippen molar-refractivity contribution >= 4 is 23.3 Å². The Morgan fingerprint density at radius 3 is 2.71 bits per heavy atom. The quantitative estimate of drug-likeness (QED) is 0.564. The summed E-state index contributed by atoms with van der Waals surface area (Å²) in [6, 6.07) is 2.05. The maximum Gasteiger partial charge on any atom is 0.264 e. The number of halogens is 2. The molecule has 3 aliphatic heterocycles. The first-order chi connectivity index (χ1) is 17.0. The van der Waals surface area contributed by atoms with Crippen LogP contribution in [0.5, 0.6) is 0 Å². The number of aromatic nitrogens is 2. The van der Waals surface area contributed by atoms with Crippen molar-refractivity contribution in [1.29, 1.82) is 0 Å². The zero-order valence-electron chi connectivity index (χ0n) is 20.6. The normalized spacial score (nSPS) is 19.5. The summed E-state index contributed by atoms with van der Waals surface area (Å²) in [5.41, 5.74) is 12.2. The maximum atomic E-state index is 14.4. The van der Waals surface area contributed by atoms with Crippen molar-refractivity contribution in [3.8, 4) is 0 Å². The molecule has 1 aromatic heterocycles. The lowest BCUT2D eigenvalue weighted by atomic mass is 9.87. The number of piperidine rings is 1. The highest BCUT2D eigenvalue weighted by Crippen LogP contribution is 2.43. The molecule has 0 saturated carbocycles. The molecule has 0 radical (unpaired) electrons. The van der Waals surface area contributed by atoms with E-state index in [1.165, 1.54) is 17.5 Å². The van der Waals surface area contributed by atoms with E-state index in [0.717, 1.165) is 87.5 Å². The second-order valence-corrected chi connectivity index (χ2v) is 9.63. The molecule has 0 atom stereocenters. The van der Waals surface area contributed by atoms with Crippen molar-refractivity contribution in [2.24, 2.45) is 10.7 Å². The van der Waals surface area contributed by atoms with Crippen LogP contribution in [0.2, 0.25) is 0 Å². The third-order valence-corrected chi connectivity index (χ3v) is 7.64. The lowest BCUT2D eigenvalue weighted by Gasteiger charge is -2.33. The van der Waals surface area contributed by atoms with Crippen LogP contribution in [-0.4, -0.2) is 49.2 Å². The number of nitrogens with zero attached hydrogens (tertiary/aromatic N) is 4. The predicted octanol–water partition coefficient (Wildman–Crippen LogP) is 3.78. The smallest absolute Gasteiger partial charge is 0.264 e. The molecular formula is C26H35F2N7. The van der Waals surface area contributed by atoms with E-state index in [1.807, 2.05) is 6.92 Å². The van der Waals surface area contributed by atoms with E-state index in [0.29, 0.717) is 17.2 Å². The van der Waals surface area contributed by atoms with Crippen LogP contribution in [0.3, 0.4) is 0 Å². The molecule has 35 heavy (non-hydrogen) atoms. The van der Waals surface area contributed by atoms with Crippen LogP contribution < -0.4 is 21.3 Å². The van der Waals surface area contributed by atoms with Crippen molar-refractivity contribution in [3.63, 3.8) is 0 Å². The molecule has 1 saturated heterocycles. The standard InChI is InChI=1S/C26H35F2N7/c1-16-19-4-3-11-34(23(19)12-20(25(27)28)24(16)17(13-29)14-30-2)26-21-15-32-10-7-22(21)35(33-26)18-5-8-31-9-6-18/h12-14,18,25,31-32H,3-11,15,29H2,1-2H3/b17-13+,30-14?. The Morgan fingerprint density at radius 1 is 1.20 bits per heavy atom. The number of fused-ring (bicyclic) bond motifs is 2. The van der Waals surface area contributed by atoms with Gasteiger partial charge in [0, 0.05) is 73.6 Å². The first kappa shape index (κ1) is 23.9. The van der Waals surface area contributed by atoms with E-state index in [2.05, 4.69) is 25.2 Å². The van der Waals surface area contributed by atoms with Gasteiger partial charge in [0.1, 0.15) is 0 Å². The number of nitrogens with one attached hydrogen (secondary N) is 2. The van der Waals surface area contributed by atoms with Gasteiger partial charge in [-0.3, -0.25) is 9.67 Å². The fourth-order valence-electron chi connectivity index (χ4n) is 5.99. The van der Waals surface area contributed by atoms with E-state index in [-0.39, 0.29) is 5.56 Å². The Hall–Kier alpha value is -2.78. The second-order valence-electron chi connectivity index (χ2n) is 9.63. The molecule has 7 nitrogen and oxygen atoms in total. The topological polar surface area (TPSA) is 83.5 Å². The predicted molar refractivity (Wildman–Crippen MR) is 137 cm³/mol. The van der Waals surface area contributed by atoms with Gasteiger partial charge in [0.05, 0.1) is 6.04 Å². The van der Waals surface area contributed by atoms with E-state index in [1.54, 1.807) is 19.3 Å². The fraction of sp³-hybridized carbons (Fsp3) is 0.538. The van der Waals surface area contributed by atoms with Gasteiger partial charge in [-0.2, -0.15) is 5.10 Å². The van der Waals surface area contributed by atoms with Crippen LogP contribution in [0, 0.1) is 6.92 Å². The summed E-state index contributed by atoms with van der Waals surface area (Å²) >= 11 is 0. The van der Waals surface area contributed by atoms with Gasteiger partial charge in [-0.1, -0.05) is 0 Å². The minimum Gasteiger partial charge on any atom is -0.404 e.